The fourth-order valence-corrected chi connectivity index (χ4v) is 4.74. The summed E-state index contributed by atoms with van der Waals surface area (Å²) in [6.07, 6.45) is 2.70. The van der Waals surface area contributed by atoms with E-state index in [0.717, 1.165) is 24.8 Å². The van der Waals surface area contributed by atoms with E-state index in [1.165, 1.54) is 4.90 Å². The van der Waals surface area contributed by atoms with Crippen LogP contribution < -0.4 is 5.32 Å². The van der Waals surface area contributed by atoms with Gasteiger partial charge in [-0.2, -0.15) is 0 Å². The molecule has 1 saturated carbocycles. The van der Waals surface area contributed by atoms with Gasteiger partial charge in [-0.25, -0.2) is 4.79 Å². The van der Waals surface area contributed by atoms with E-state index < -0.39 is 30.2 Å². The molecule has 5 atom stereocenters. The molecule has 2 fully saturated rings. The Kier molecular flexibility index (Phi) is 6.34. The van der Waals surface area contributed by atoms with Gasteiger partial charge in [0, 0.05) is 6.54 Å². The molecule has 0 aromatic heterocycles. The molecule has 3 unspecified atom stereocenters. The molecule has 0 bridgehead atoms. The number of aryl methyl sites for hydroxylation is 1. The van der Waals surface area contributed by atoms with Crippen molar-refractivity contribution < 1.29 is 24.6 Å². The summed E-state index contributed by atoms with van der Waals surface area (Å²) in [6, 6.07) is 7.35. The summed E-state index contributed by atoms with van der Waals surface area (Å²) in [7, 11) is 0. The smallest absolute Gasteiger partial charge is 0.407 e. The molecule has 1 saturated heterocycles. The van der Waals surface area contributed by atoms with Crippen LogP contribution in [0.3, 0.4) is 0 Å². The summed E-state index contributed by atoms with van der Waals surface area (Å²) in [4.78, 5) is 37.6. The Morgan fingerprint density at radius 3 is 2.54 bits per heavy atom. The van der Waals surface area contributed by atoms with Gasteiger partial charge in [-0.3, -0.25) is 19.8 Å². The van der Waals surface area contributed by atoms with Crippen molar-refractivity contribution in [2.24, 2.45) is 11.8 Å². The van der Waals surface area contributed by atoms with Crippen molar-refractivity contribution in [1.29, 1.82) is 0 Å². The first-order valence-electron chi connectivity index (χ1n) is 9.94. The summed E-state index contributed by atoms with van der Waals surface area (Å²) in [5.41, 5.74) is 1.04. The number of aliphatic carboxylic acids is 1. The van der Waals surface area contributed by atoms with Gasteiger partial charge in [-0.1, -0.05) is 36.8 Å². The topological polar surface area (TPSA) is 107 Å². The summed E-state index contributed by atoms with van der Waals surface area (Å²) in [5.74, 6) is -0.926. The number of ketones is 1. The Balaban J connectivity index is 1.65. The number of carbonyl (C=O) groups is 3. The quantitative estimate of drug-likeness (QED) is 0.631. The molecule has 0 radical (unpaired) electrons. The predicted octanol–water partition coefficient (Wildman–Crippen LogP) is 2.40. The fraction of sp³-hybridized carbons (Fsp3) is 0.571. The molecule has 1 amide bonds. The van der Waals surface area contributed by atoms with Crippen LogP contribution in [0, 0.1) is 11.8 Å². The normalized spacial score (nSPS) is 25.9. The highest BCUT2D eigenvalue weighted by atomic mass is 16.4. The lowest BCUT2D eigenvalue weighted by Crippen LogP contribution is -2.53. The van der Waals surface area contributed by atoms with Gasteiger partial charge in [0.05, 0.1) is 12.1 Å². The molecule has 3 rings (SSSR count). The average molecular weight is 388 g/mol. The molecule has 2 aliphatic rings. The molecule has 7 heteroatoms. The van der Waals surface area contributed by atoms with E-state index in [9.17, 15) is 24.6 Å². The Labute approximate surface area is 164 Å². The number of fused-ring (bicyclic) bond motifs is 1. The van der Waals surface area contributed by atoms with Crippen LogP contribution in [0.2, 0.25) is 0 Å². The lowest BCUT2D eigenvalue weighted by atomic mass is 9.89. The number of carboxylic acid groups (broad SMARTS) is 2. The molecule has 1 aromatic carbocycles. The van der Waals surface area contributed by atoms with E-state index in [-0.39, 0.29) is 17.6 Å². The van der Waals surface area contributed by atoms with Crippen molar-refractivity contribution in [3.05, 3.63) is 35.9 Å². The SMILES string of the molecule is C[C@H](N[C@@H](CCc1ccccc1)C(=O)O)C(=O)C1C2CCCC2CN1C(=O)O. The van der Waals surface area contributed by atoms with Gasteiger partial charge < -0.3 is 10.2 Å². The van der Waals surface area contributed by atoms with Crippen LogP contribution in [0.4, 0.5) is 4.79 Å². The molecular weight excluding hydrogens is 360 g/mol. The van der Waals surface area contributed by atoms with E-state index in [4.69, 9.17) is 0 Å². The number of likely N-dealkylation sites (tertiary alicyclic amines) is 1. The number of carboxylic acids is 1. The number of rotatable bonds is 8. The second-order valence-corrected chi connectivity index (χ2v) is 7.94. The van der Waals surface area contributed by atoms with Gasteiger partial charge in [-0.05, 0) is 50.0 Å². The number of Topliss-reactive ketones (excluding diaryl/α,β-unsaturated/α-hetero) is 1. The number of nitrogens with one attached hydrogen (secondary N) is 1. The van der Waals surface area contributed by atoms with Crippen LogP contribution in [0.15, 0.2) is 30.3 Å². The zero-order valence-corrected chi connectivity index (χ0v) is 16.1. The summed E-state index contributed by atoms with van der Waals surface area (Å²) in [6.45, 7) is 2.04. The van der Waals surface area contributed by atoms with E-state index in [1.54, 1.807) is 6.92 Å². The number of carbonyl (C=O) groups excluding carboxylic acids is 1. The minimum atomic E-state index is -1.07. The zero-order chi connectivity index (χ0) is 20.3. The summed E-state index contributed by atoms with van der Waals surface area (Å²) < 4.78 is 0. The molecule has 1 aliphatic heterocycles. The summed E-state index contributed by atoms with van der Waals surface area (Å²) >= 11 is 0. The molecule has 1 aromatic rings. The van der Waals surface area contributed by atoms with Crippen LogP contribution in [0.5, 0.6) is 0 Å². The average Bonchev–Trinajstić information content (AvgIpc) is 3.26. The Morgan fingerprint density at radius 2 is 1.89 bits per heavy atom. The highest BCUT2D eigenvalue weighted by Gasteiger charge is 2.50. The largest absolute Gasteiger partial charge is 0.480 e. The highest BCUT2D eigenvalue weighted by molar-refractivity contribution is 5.92. The lowest BCUT2D eigenvalue weighted by molar-refractivity contribution is -0.140. The van der Waals surface area contributed by atoms with E-state index in [2.05, 4.69) is 5.32 Å². The molecule has 0 spiro atoms. The van der Waals surface area contributed by atoms with Crippen molar-refractivity contribution in [3.8, 4) is 0 Å². The molecular formula is C21H28N2O5. The Morgan fingerprint density at radius 1 is 1.18 bits per heavy atom. The second-order valence-electron chi connectivity index (χ2n) is 7.94. The maximum Gasteiger partial charge on any atom is 0.407 e. The van der Waals surface area contributed by atoms with Crippen LogP contribution in [0.1, 0.15) is 38.2 Å². The van der Waals surface area contributed by atoms with Crippen LogP contribution in [-0.4, -0.2) is 57.6 Å². The number of hydrogen-bond acceptors (Lipinski definition) is 4. The Bertz CT molecular complexity index is 723. The van der Waals surface area contributed by atoms with Crippen molar-refractivity contribution in [2.45, 2.75) is 57.2 Å². The zero-order valence-electron chi connectivity index (χ0n) is 16.1. The molecule has 28 heavy (non-hydrogen) atoms. The van der Waals surface area contributed by atoms with Gasteiger partial charge in [-0.15, -0.1) is 0 Å². The van der Waals surface area contributed by atoms with E-state index in [1.807, 2.05) is 30.3 Å². The van der Waals surface area contributed by atoms with E-state index >= 15 is 0 Å². The molecule has 1 heterocycles. The van der Waals surface area contributed by atoms with Gasteiger partial charge in [0.1, 0.15) is 6.04 Å². The van der Waals surface area contributed by atoms with Crippen LogP contribution >= 0.6 is 0 Å². The first kappa shape index (κ1) is 20.3. The fourth-order valence-electron chi connectivity index (χ4n) is 4.74. The third kappa shape index (κ3) is 4.35. The number of benzene rings is 1. The molecule has 3 N–H and O–H groups in total. The minimum absolute atomic E-state index is 0.0560. The molecule has 152 valence electrons. The molecule has 7 nitrogen and oxygen atoms in total. The van der Waals surface area contributed by atoms with Crippen molar-refractivity contribution in [2.75, 3.05) is 6.54 Å². The second kappa shape index (κ2) is 8.73. The minimum Gasteiger partial charge on any atom is -0.480 e. The molecule has 1 aliphatic carbocycles. The first-order valence-corrected chi connectivity index (χ1v) is 9.94. The van der Waals surface area contributed by atoms with Gasteiger partial charge >= 0.3 is 12.1 Å². The lowest BCUT2D eigenvalue weighted by Gasteiger charge is -2.28. The standard InChI is InChI=1S/C21H28N2O5/c1-13(22-17(20(25)26)11-10-14-6-3-2-4-7-14)19(24)18-16-9-5-8-15(16)12-23(18)21(27)28/h2-4,6-7,13,15-18,22H,5,8-12H2,1H3,(H,25,26)(H,27,28)/t13-,15?,16?,17-,18?/m0/s1. The Hall–Kier alpha value is -2.41. The van der Waals surface area contributed by atoms with Crippen LogP contribution in [0.25, 0.3) is 0 Å². The van der Waals surface area contributed by atoms with Crippen molar-refractivity contribution in [3.63, 3.8) is 0 Å². The van der Waals surface area contributed by atoms with Crippen LogP contribution in [-0.2, 0) is 16.0 Å². The number of hydrogen-bond donors (Lipinski definition) is 3. The van der Waals surface area contributed by atoms with Crippen molar-refractivity contribution >= 4 is 17.8 Å². The third-order valence-electron chi connectivity index (χ3n) is 6.17. The van der Waals surface area contributed by atoms with E-state index in [0.29, 0.717) is 19.4 Å². The highest BCUT2D eigenvalue weighted by Crippen LogP contribution is 2.42. The van der Waals surface area contributed by atoms with Gasteiger partial charge in [0.15, 0.2) is 5.78 Å². The summed E-state index contributed by atoms with van der Waals surface area (Å²) in [5, 5.41) is 22.0. The maximum atomic E-state index is 13.1. The predicted molar refractivity (Wildman–Crippen MR) is 103 cm³/mol. The monoisotopic (exact) mass is 388 g/mol. The third-order valence-corrected chi connectivity index (χ3v) is 6.17. The van der Waals surface area contributed by atoms with Gasteiger partial charge in [0.2, 0.25) is 0 Å². The maximum absolute atomic E-state index is 13.1. The first-order chi connectivity index (χ1) is 13.4. The number of nitrogens with zero attached hydrogens (tertiary/aromatic N) is 1. The van der Waals surface area contributed by atoms with Gasteiger partial charge in [0.25, 0.3) is 0 Å². The number of amides is 1. The van der Waals surface area contributed by atoms with Crippen molar-refractivity contribution in [1.82, 2.24) is 10.2 Å².